The summed E-state index contributed by atoms with van der Waals surface area (Å²) in [6, 6.07) is 6.74. The number of carbonyl (C=O) groups is 2. The third-order valence-corrected chi connectivity index (χ3v) is 6.33. The van der Waals surface area contributed by atoms with Crippen molar-refractivity contribution in [2.75, 3.05) is 13.2 Å². The maximum absolute atomic E-state index is 12.4. The first-order valence-electron chi connectivity index (χ1n) is 14.1. The summed E-state index contributed by atoms with van der Waals surface area (Å²) < 4.78 is 10.7. The summed E-state index contributed by atoms with van der Waals surface area (Å²) in [5.74, 6) is -0.888. The standard InChI is InChI=1S/C24H38O4.C6H12.Sr.2H/c1-3-5-7-9-11-15-19-27-23(25)21-17-13-14-18-22(21)24(26)28-20-16-12-10-8-6-4-2;1-2-4-6-5-3-1;;;/h13-14,17-18H,3-12,15-16,19-20H2,1-2H3;1-6H2;;;. The second-order valence-corrected chi connectivity index (χ2v) is 9.47. The Bertz CT molecular complexity index is 582. The third kappa shape index (κ3) is 18.5. The van der Waals surface area contributed by atoms with E-state index in [-0.39, 0.29) is 45.5 Å². The molecule has 0 saturated heterocycles. The van der Waals surface area contributed by atoms with Gasteiger partial charge >= 0.3 is 57.4 Å². The number of unbranched alkanes of at least 4 members (excludes halogenated alkanes) is 10. The van der Waals surface area contributed by atoms with Gasteiger partial charge < -0.3 is 9.47 Å². The number of carbonyl (C=O) groups excluding carboxylic acids is 2. The van der Waals surface area contributed by atoms with Gasteiger partial charge in [0.15, 0.2) is 0 Å². The van der Waals surface area contributed by atoms with Crippen LogP contribution in [0.5, 0.6) is 0 Å². The van der Waals surface area contributed by atoms with Crippen molar-refractivity contribution in [1.82, 2.24) is 0 Å². The summed E-state index contributed by atoms with van der Waals surface area (Å²) in [5, 5.41) is 0. The van der Waals surface area contributed by atoms with E-state index in [9.17, 15) is 9.59 Å². The van der Waals surface area contributed by atoms with Crippen LogP contribution in [0, 0.1) is 0 Å². The monoisotopic (exact) mass is 564 g/mol. The third-order valence-electron chi connectivity index (χ3n) is 6.33. The minimum absolute atomic E-state index is 0. The molecule has 0 atom stereocenters. The van der Waals surface area contributed by atoms with E-state index in [1.54, 1.807) is 24.3 Å². The Morgan fingerprint density at radius 1 is 0.571 bits per heavy atom. The Hall–Kier alpha value is -0.359. The van der Waals surface area contributed by atoms with Crippen LogP contribution in [0.2, 0.25) is 0 Å². The number of benzene rings is 1. The van der Waals surface area contributed by atoms with Crippen molar-refractivity contribution < 1.29 is 19.1 Å². The fourth-order valence-electron chi connectivity index (χ4n) is 4.15. The van der Waals surface area contributed by atoms with Crippen LogP contribution in [0.4, 0.5) is 0 Å². The fraction of sp³-hybridized carbons (Fsp3) is 0.733. The van der Waals surface area contributed by atoms with E-state index < -0.39 is 11.9 Å². The summed E-state index contributed by atoms with van der Waals surface area (Å²) in [6.07, 6.45) is 22.6. The van der Waals surface area contributed by atoms with Crippen LogP contribution < -0.4 is 0 Å². The van der Waals surface area contributed by atoms with Crippen molar-refractivity contribution >= 4 is 57.4 Å². The van der Waals surface area contributed by atoms with Crippen LogP contribution >= 0.6 is 0 Å². The molecule has 5 heteroatoms. The molecule has 1 saturated carbocycles. The normalized spacial score (nSPS) is 12.6. The average molecular weight is 564 g/mol. The molecule has 0 unspecified atom stereocenters. The van der Waals surface area contributed by atoms with Gasteiger partial charge in [0, 0.05) is 0 Å². The molecule has 0 bridgehead atoms. The molecule has 0 heterocycles. The number of hydrogen-bond acceptors (Lipinski definition) is 4. The van der Waals surface area contributed by atoms with Crippen molar-refractivity contribution in [1.29, 1.82) is 0 Å². The van der Waals surface area contributed by atoms with Crippen LogP contribution in [0.1, 0.15) is 150 Å². The molecule has 1 aliphatic rings. The Balaban J connectivity index is 0.00000143. The maximum atomic E-state index is 12.4. The van der Waals surface area contributed by atoms with Crippen molar-refractivity contribution in [3.8, 4) is 0 Å². The topological polar surface area (TPSA) is 52.6 Å². The number of rotatable bonds is 16. The van der Waals surface area contributed by atoms with Crippen LogP contribution in [-0.2, 0) is 9.47 Å². The van der Waals surface area contributed by atoms with Gasteiger partial charge in [-0.25, -0.2) is 9.59 Å². The molecular formula is C30H52O4Sr. The van der Waals surface area contributed by atoms with E-state index in [4.69, 9.17) is 9.47 Å². The number of hydrogen-bond donors (Lipinski definition) is 0. The van der Waals surface area contributed by atoms with E-state index >= 15 is 0 Å². The Labute approximate surface area is 252 Å². The average Bonchev–Trinajstić information content (AvgIpc) is 2.88. The molecule has 0 amide bonds. The van der Waals surface area contributed by atoms with E-state index in [1.165, 1.54) is 89.9 Å². The van der Waals surface area contributed by atoms with E-state index in [0.29, 0.717) is 24.3 Å². The molecule has 0 radical (unpaired) electrons. The van der Waals surface area contributed by atoms with Gasteiger partial charge in [-0.1, -0.05) is 129 Å². The molecule has 0 aliphatic heterocycles. The quantitative estimate of drug-likeness (QED) is 0.116. The van der Waals surface area contributed by atoms with E-state index in [2.05, 4.69) is 13.8 Å². The van der Waals surface area contributed by atoms with Gasteiger partial charge in [-0.2, -0.15) is 0 Å². The first-order valence-corrected chi connectivity index (χ1v) is 14.1. The molecule has 0 aromatic heterocycles. The molecule has 1 fully saturated rings. The zero-order valence-corrected chi connectivity index (χ0v) is 22.1. The number of esters is 2. The van der Waals surface area contributed by atoms with Crippen molar-refractivity contribution in [2.24, 2.45) is 0 Å². The first-order chi connectivity index (χ1) is 16.7. The molecule has 4 nitrogen and oxygen atoms in total. The second kappa shape index (κ2) is 25.3. The second-order valence-electron chi connectivity index (χ2n) is 9.47. The zero-order valence-electron chi connectivity index (χ0n) is 22.1. The molecule has 0 spiro atoms. The molecule has 198 valence electrons. The van der Waals surface area contributed by atoms with Crippen LogP contribution in [0.15, 0.2) is 24.3 Å². The zero-order chi connectivity index (χ0) is 24.7. The van der Waals surface area contributed by atoms with Gasteiger partial charge in [0.1, 0.15) is 0 Å². The predicted molar refractivity (Wildman–Crippen MR) is 150 cm³/mol. The molecule has 1 aromatic rings. The van der Waals surface area contributed by atoms with Crippen molar-refractivity contribution in [2.45, 2.75) is 129 Å². The van der Waals surface area contributed by atoms with Gasteiger partial charge in [-0.15, -0.1) is 0 Å². The summed E-state index contributed by atoms with van der Waals surface area (Å²) in [5.41, 5.74) is 0.586. The van der Waals surface area contributed by atoms with Crippen molar-refractivity contribution in [3.63, 3.8) is 0 Å². The Kier molecular flexibility index (Phi) is 25.0. The van der Waals surface area contributed by atoms with Crippen LogP contribution in [0.3, 0.4) is 0 Å². The molecule has 0 N–H and O–H groups in total. The summed E-state index contributed by atoms with van der Waals surface area (Å²) in [4.78, 5) is 24.7. The molecular weight excluding hydrogens is 512 g/mol. The van der Waals surface area contributed by atoms with Crippen LogP contribution in [0.25, 0.3) is 0 Å². The first kappa shape index (κ1) is 34.6. The van der Waals surface area contributed by atoms with E-state index in [1.807, 2.05) is 0 Å². The molecule has 35 heavy (non-hydrogen) atoms. The predicted octanol–water partition coefficient (Wildman–Crippen LogP) is 8.15. The van der Waals surface area contributed by atoms with Gasteiger partial charge in [-0.3, -0.25) is 0 Å². The minimum atomic E-state index is -0.444. The SMILES string of the molecule is C1CCCCC1.CCCCCCCCOC(=O)c1ccccc1C(=O)OCCCCCCCC.[SrH2]. The van der Waals surface area contributed by atoms with Crippen molar-refractivity contribution in [3.05, 3.63) is 35.4 Å². The van der Waals surface area contributed by atoms with Gasteiger partial charge in [0.2, 0.25) is 0 Å². The van der Waals surface area contributed by atoms with Gasteiger partial charge in [0.25, 0.3) is 0 Å². The summed E-state index contributed by atoms with van der Waals surface area (Å²) >= 11 is 0. The molecule has 2 rings (SSSR count). The summed E-state index contributed by atoms with van der Waals surface area (Å²) in [6.45, 7) is 5.17. The van der Waals surface area contributed by atoms with E-state index in [0.717, 1.165) is 25.7 Å². The summed E-state index contributed by atoms with van der Waals surface area (Å²) in [7, 11) is 0. The Morgan fingerprint density at radius 3 is 1.23 bits per heavy atom. The fourth-order valence-corrected chi connectivity index (χ4v) is 4.15. The molecule has 1 aromatic carbocycles. The van der Waals surface area contributed by atoms with Gasteiger partial charge in [-0.05, 0) is 25.0 Å². The molecule has 1 aliphatic carbocycles. The number of ether oxygens (including phenoxy) is 2. The van der Waals surface area contributed by atoms with Crippen LogP contribution in [-0.4, -0.2) is 70.6 Å². The Morgan fingerprint density at radius 2 is 0.886 bits per heavy atom. The van der Waals surface area contributed by atoms with Gasteiger partial charge in [0.05, 0.1) is 24.3 Å².